The fraction of sp³-hybridized carbons (Fsp3) is 0.800. The van der Waals surface area contributed by atoms with E-state index >= 15 is 0 Å². The van der Waals surface area contributed by atoms with Crippen LogP contribution in [0.2, 0.25) is 0 Å². The third kappa shape index (κ3) is 2.34. The number of ketones is 1. The van der Waals surface area contributed by atoms with Gasteiger partial charge in [-0.15, -0.1) is 0 Å². The van der Waals surface area contributed by atoms with E-state index in [-0.39, 0.29) is 5.78 Å². The molecular weight excluding hydrogens is 150 g/mol. The summed E-state index contributed by atoms with van der Waals surface area (Å²) in [6, 6.07) is 2.17. The molecule has 2 heteroatoms. The van der Waals surface area contributed by atoms with Crippen molar-refractivity contribution in [3.05, 3.63) is 0 Å². The van der Waals surface area contributed by atoms with Crippen LogP contribution in [0.3, 0.4) is 0 Å². The fourth-order valence-corrected chi connectivity index (χ4v) is 1.52. The van der Waals surface area contributed by atoms with Crippen molar-refractivity contribution in [2.24, 2.45) is 5.41 Å². The normalized spacial score (nSPS) is 10.8. The average Bonchev–Trinajstić information content (AvgIpc) is 2.03. The molecule has 0 saturated heterocycles. The summed E-state index contributed by atoms with van der Waals surface area (Å²) in [6.45, 7) is 5.53. The van der Waals surface area contributed by atoms with E-state index in [0.29, 0.717) is 12.8 Å². The fourth-order valence-electron chi connectivity index (χ4n) is 1.52. The molecule has 0 spiro atoms. The first-order chi connectivity index (χ1) is 5.63. The Morgan fingerprint density at radius 2 is 1.75 bits per heavy atom. The zero-order valence-corrected chi connectivity index (χ0v) is 8.18. The lowest BCUT2D eigenvalue weighted by atomic mass is 9.77. The van der Waals surface area contributed by atoms with Gasteiger partial charge in [-0.1, -0.05) is 26.7 Å². The van der Waals surface area contributed by atoms with E-state index in [0.717, 1.165) is 12.8 Å². The van der Waals surface area contributed by atoms with Gasteiger partial charge in [-0.2, -0.15) is 5.26 Å². The third-order valence-electron chi connectivity index (χ3n) is 2.24. The van der Waals surface area contributed by atoms with E-state index in [1.807, 2.05) is 13.8 Å². The van der Waals surface area contributed by atoms with Gasteiger partial charge in [-0.25, -0.2) is 0 Å². The monoisotopic (exact) mass is 167 g/mol. The van der Waals surface area contributed by atoms with Crippen molar-refractivity contribution in [2.45, 2.75) is 46.5 Å². The Bertz CT molecular complexity index is 185. The molecule has 0 radical (unpaired) electrons. The van der Waals surface area contributed by atoms with E-state index in [1.54, 1.807) is 0 Å². The SMILES string of the molecule is CCCC(C#N)(CCC)C(C)=O. The number of rotatable bonds is 5. The Balaban J connectivity index is 4.54. The van der Waals surface area contributed by atoms with Gasteiger partial charge in [-0.3, -0.25) is 4.79 Å². The van der Waals surface area contributed by atoms with Crippen LogP contribution in [0, 0.1) is 16.7 Å². The van der Waals surface area contributed by atoms with Gasteiger partial charge in [0.1, 0.15) is 11.2 Å². The molecule has 0 aromatic carbocycles. The Hall–Kier alpha value is -0.840. The van der Waals surface area contributed by atoms with Crippen molar-refractivity contribution in [1.82, 2.24) is 0 Å². The molecule has 0 amide bonds. The molecule has 0 aliphatic heterocycles. The highest BCUT2D eigenvalue weighted by Crippen LogP contribution is 2.29. The van der Waals surface area contributed by atoms with Gasteiger partial charge in [0, 0.05) is 0 Å². The van der Waals surface area contributed by atoms with Crippen LogP contribution in [-0.4, -0.2) is 5.78 Å². The van der Waals surface area contributed by atoms with Crippen molar-refractivity contribution in [3.8, 4) is 6.07 Å². The largest absolute Gasteiger partial charge is 0.298 e. The Morgan fingerprint density at radius 3 is 1.92 bits per heavy atom. The van der Waals surface area contributed by atoms with Gasteiger partial charge in [0.05, 0.1) is 6.07 Å². The summed E-state index contributed by atoms with van der Waals surface area (Å²) < 4.78 is 0. The van der Waals surface area contributed by atoms with Crippen LogP contribution in [0.1, 0.15) is 46.5 Å². The average molecular weight is 167 g/mol. The molecule has 0 aromatic rings. The molecule has 0 heterocycles. The van der Waals surface area contributed by atoms with Crippen LogP contribution in [0.15, 0.2) is 0 Å². The number of hydrogen-bond donors (Lipinski definition) is 0. The summed E-state index contributed by atoms with van der Waals surface area (Å²) in [5.41, 5.74) is -0.691. The number of nitriles is 1. The number of carbonyl (C=O) groups excluding carboxylic acids is 1. The highest BCUT2D eigenvalue weighted by molar-refractivity contribution is 5.85. The molecule has 0 N–H and O–H groups in total. The Labute approximate surface area is 74.6 Å². The van der Waals surface area contributed by atoms with E-state index in [4.69, 9.17) is 5.26 Å². The van der Waals surface area contributed by atoms with Gasteiger partial charge in [0.15, 0.2) is 0 Å². The van der Waals surface area contributed by atoms with Crippen LogP contribution in [0.25, 0.3) is 0 Å². The molecule has 0 aliphatic carbocycles. The maximum atomic E-state index is 11.3. The molecule has 0 unspecified atom stereocenters. The van der Waals surface area contributed by atoms with Crippen molar-refractivity contribution < 1.29 is 4.79 Å². The van der Waals surface area contributed by atoms with Crippen molar-refractivity contribution in [3.63, 3.8) is 0 Å². The molecule has 0 aliphatic rings. The predicted molar refractivity (Wildman–Crippen MR) is 48.5 cm³/mol. The first-order valence-electron chi connectivity index (χ1n) is 4.55. The molecular formula is C10H17NO. The molecule has 68 valence electrons. The number of Topliss-reactive ketones (excluding diaryl/α,β-unsaturated/α-hetero) is 1. The van der Waals surface area contributed by atoms with Gasteiger partial charge < -0.3 is 0 Å². The zero-order valence-electron chi connectivity index (χ0n) is 8.18. The summed E-state index contributed by atoms with van der Waals surface area (Å²) in [6.07, 6.45) is 3.19. The van der Waals surface area contributed by atoms with Gasteiger partial charge >= 0.3 is 0 Å². The standard InChI is InChI=1S/C10H17NO/c1-4-6-10(8-11,7-5-2)9(3)12/h4-7H2,1-3H3. The minimum Gasteiger partial charge on any atom is -0.298 e. The lowest BCUT2D eigenvalue weighted by Crippen LogP contribution is -2.27. The highest BCUT2D eigenvalue weighted by Gasteiger charge is 2.33. The first kappa shape index (κ1) is 11.2. The van der Waals surface area contributed by atoms with E-state index in [2.05, 4.69) is 6.07 Å². The lowest BCUT2D eigenvalue weighted by Gasteiger charge is -2.21. The van der Waals surface area contributed by atoms with Crippen molar-refractivity contribution in [2.75, 3.05) is 0 Å². The summed E-state index contributed by atoms with van der Waals surface area (Å²) in [5, 5.41) is 8.94. The van der Waals surface area contributed by atoms with Gasteiger partial charge in [-0.05, 0) is 19.8 Å². The second-order valence-electron chi connectivity index (χ2n) is 3.25. The maximum absolute atomic E-state index is 11.3. The first-order valence-corrected chi connectivity index (χ1v) is 4.55. The lowest BCUT2D eigenvalue weighted by molar-refractivity contribution is -0.124. The van der Waals surface area contributed by atoms with Crippen LogP contribution < -0.4 is 0 Å². The minimum atomic E-state index is -0.691. The van der Waals surface area contributed by atoms with Crippen molar-refractivity contribution in [1.29, 1.82) is 5.26 Å². The molecule has 0 atom stereocenters. The second kappa shape index (κ2) is 4.92. The summed E-state index contributed by atoms with van der Waals surface area (Å²) in [4.78, 5) is 11.3. The summed E-state index contributed by atoms with van der Waals surface area (Å²) in [7, 11) is 0. The van der Waals surface area contributed by atoms with Crippen LogP contribution in [-0.2, 0) is 4.79 Å². The number of carbonyl (C=O) groups is 1. The molecule has 0 fully saturated rings. The van der Waals surface area contributed by atoms with Gasteiger partial charge in [0.2, 0.25) is 0 Å². The molecule has 2 nitrogen and oxygen atoms in total. The summed E-state index contributed by atoms with van der Waals surface area (Å²) in [5.74, 6) is 0.0219. The van der Waals surface area contributed by atoms with E-state index < -0.39 is 5.41 Å². The topological polar surface area (TPSA) is 40.9 Å². The maximum Gasteiger partial charge on any atom is 0.150 e. The number of hydrogen-bond acceptors (Lipinski definition) is 2. The smallest absolute Gasteiger partial charge is 0.150 e. The zero-order chi connectivity index (χ0) is 9.61. The molecule has 0 saturated carbocycles. The second-order valence-corrected chi connectivity index (χ2v) is 3.25. The van der Waals surface area contributed by atoms with E-state index in [9.17, 15) is 4.79 Å². The quantitative estimate of drug-likeness (QED) is 0.631. The summed E-state index contributed by atoms with van der Waals surface area (Å²) >= 11 is 0. The van der Waals surface area contributed by atoms with Crippen LogP contribution in [0.5, 0.6) is 0 Å². The molecule has 0 aromatic heterocycles. The minimum absolute atomic E-state index is 0.0219. The third-order valence-corrected chi connectivity index (χ3v) is 2.24. The Kier molecular flexibility index (Phi) is 4.58. The predicted octanol–water partition coefficient (Wildman–Crippen LogP) is 2.69. The van der Waals surface area contributed by atoms with Crippen molar-refractivity contribution >= 4 is 5.78 Å². The number of nitrogens with zero attached hydrogens (tertiary/aromatic N) is 1. The molecule has 0 bridgehead atoms. The van der Waals surface area contributed by atoms with Crippen LogP contribution >= 0.6 is 0 Å². The van der Waals surface area contributed by atoms with Crippen LogP contribution in [0.4, 0.5) is 0 Å². The van der Waals surface area contributed by atoms with Gasteiger partial charge in [0.25, 0.3) is 0 Å². The molecule has 0 rings (SSSR count). The highest BCUT2D eigenvalue weighted by atomic mass is 16.1. The van der Waals surface area contributed by atoms with E-state index in [1.165, 1.54) is 6.92 Å². The Morgan fingerprint density at radius 1 is 1.33 bits per heavy atom. The molecule has 12 heavy (non-hydrogen) atoms.